The van der Waals surface area contributed by atoms with Gasteiger partial charge in [0.25, 0.3) is 0 Å². The van der Waals surface area contributed by atoms with Crippen molar-refractivity contribution in [2.75, 3.05) is 25.1 Å². The van der Waals surface area contributed by atoms with E-state index >= 15 is 0 Å². The SMILES string of the molecule is CC(NCC(=O)Nc1ccc2c(c1)OCCCO2)c1ccc2ccccc2c1. The van der Waals surface area contributed by atoms with Gasteiger partial charge in [-0.1, -0.05) is 36.4 Å². The van der Waals surface area contributed by atoms with Crippen molar-refractivity contribution >= 4 is 22.4 Å². The minimum Gasteiger partial charge on any atom is -0.490 e. The monoisotopic (exact) mass is 376 g/mol. The van der Waals surface area contributed by atoms with Crippen molar-refractivity contribution in [2.45, 2.75) is 19.4 Å². The van der Waals surface area contributed by atoms with Crippen molar-refractivity contribution in [1.29, 1.82) is 0 Å². The van der Waals surface area contributed by atoms with Crippen LogP contribution < -0.4 is 20.1 Å². The molecule has 0 saturated carbocycles. The van der Waals surface area contributed by atoms with E-state index in [4.69, 9.17) is 9.47 Å². The number of carbonyl (C=O) groups excluding carboxylic acids is 1. The van der Waals surface area contributed by atoms with Crippen molar-refractivity contribution < 1.29 is 14.3 Å². The number of ether oxygens (including phenoxy) is 2. The van der Waals surface area contributed by atoms with Crippen LogP contribution in [-0.2, 0) is 4.79 Å². The van der Waals surface area contributed by atoms with Gasteiger partial charge in [-0.2, -0.15) is 0 Å². The number of anilines is 1. The Hall–Kier alpha value is -3.05. The lowest BCUT2D eigenvalue weighted by Gasteiger charge is -2.15. The predicted molar refractivity (Wildman–Crippen MR) is 111 cm³/mol. The van der Waals surface area contributed by atoms with Gasteiger partial charge in [0.15, 0.2) is 11.5 Å². The van der Waals surface area contributed by atoms with Gasteiger partial charge in [0.2, 0.25) is 5.91 Å². The summed E-state index contributed by atoms with van der Waals surface area (Å²) < 4.78 is 11.3. The Labute approximate surface area is 164 Å². The fraction of sp³-hybridized carbons (Fsp3) is 0.261. The molecule has 0 aliphatic carbocycles. The molecule has 1 aliphatic heterocycles. The van der Waals surface area contributed by atoms with E-state index in [-0.39, 0.29) is 18.5 Å². The smallest absolute Gasteiger partial charge is 0.238 e. The molecule has 0 aromatic heterocycles. The van der Waals surface area contributed by atoms with E-state index in [1.165, 1.54) is 10.8 Å². The topological polar surface area (TPSA) is 59.6 Å². The Morgan fingerprint density at radius 3 is 2.61 bits per heavy atom. The molecule has 2 N–H and O–H groups in total. The van der Waals surface area contributed by atoms with Gasteiger partial charge in [-0.05, 0) is 41.5 Å². The second kappa shape index (κ2) is 8.31. The third-order valence-corrected chi connectivity index (χ3v) is 4.87. The highest BCUT2D eigenvalue weighted by Gasteiger charge is 2.13. The zero-order valence-electron chi connectivity index (χ0n) is 15.9. The van der Waals surface area contributed by atoms with Gasteiger partial charge in [0.1, 0.15) is 0 Å². The molecule has 3 aromatic rings. The standard InChI is InChI=1S/C23H24N2O3/c1-16(18-8-7-17-5-2-3-6-19(17)13-18)24-15-23(26)25-20-9-10-21-22(14-20)28-12-4-11-27-21/h2-3,5-10,13-14,16,24H,4,11-12,15H2,1H3,(H,25,26). The Morgan fingerprint density at radius 1 is 0.964 bits per heavy atom. The molecule has 1 heterocycles. The summed E-state index contributed by atoms with van der Waals surface area (Å²) in [5.74, 6) is 1.30. The number of nitrogens with one attached hydrogen (secondary N) is 2. The first-order valence-electron chi connectivity index (χ1n) is 9.60. The summed E-state index contributed by atoms with van der Waals surface area (Å²) in [6.07, 6.45) is 0.854. The van der Waals surface area contributed by atoms with Gasteiger partial charge in [-0.3, -0.25) is 4.79 Å². The van der Waals surface area contributed by atoms with E-state index in [9.17, 15) is 4.79 Å². The molecule has 1 amide bonds. The molecule has 28 heavy (non-hydrogen) atoms. The lowest BCUT2D eigenvalue weighted by atomic mass is 10.0. The van der Waals surface area contributed by atoms with Crippen LogP contribution in [0.4, 0.5) is 5.69 Å². The third-order valence-electron chi connectivity index (χ3n) is 4.87. The molecule has 4 rings (SSSR count). The average Bonchev–Trinajstić information content (AvgIpc) is 2.96. The van der Waals surface area contributed by atoms with Gasteiger partial charge in [0, 0.05) is 24.2 Å². The van der Waals surface area contributed by atoms with E-state index in [0.717, 1.165) is 17.7 Å². The zero-order valence-corrected chi connectivity index (χ0v) is 15.9. The highest BCUT2D eigenvalue weighted by molar-refractivity contribution is 5.92. The van der Waals surface area contributed by atoms with Gasteiger partial charge in [-0.15, -0.1) is 0 Å². The summed E-state index contributed by atoms with van der Waals surface area (Å²) >= 11 is 0. The van der Waals surface area contributed by atoms with Crippen LogP contribution in [0.15, 0.2) is 60.7 Å². The van der Waals surface area contributed by atoms with Crippen LogP contribution in [0.2, 0.25) is 0 Å². The van der Waals surface area contributed by atoms with Crippen LogP contribution >= 0.6 is 0 Å². The quantitative estimate of drug-likeness (QED) is 0.697. The fourth-order valence-electron chi connectivity index (χ4n) is 3.29. The Balaban J connectivity index is 1.35. The van der Waals surface area contributed by atoms with Crippen molar-refractivity contribution in [1.82, 2.24) is 5.32 Å². The first kappa shape index (κ1) is 18.3. The molecular weight excluding hydrogens is 352 g/mol. The zero-order chi connectivity index (χ0) is 19.3. The van der Waals surface area contributed by atoms with E-state index in [1.54, 1.807) is 0 Å². The van der Waals surface area contributed by atoms with Gasteiger partial charge in [0.05, 0.1) is 19.8 Å². The number of rotatable bonds is 5. The van der Waals surface area contributed by atoms with E-state index in [1.807, 2.05) is 30.3 Å². The molecule has 144 valence electrons. The summed E-state index contributed by atoms with van der Waals surface area (Å²) in [5, 5.41) is 8.61. The second-order valence-electron chi connectivity index (χ2n) is 6.97. The minimum absolute atomic E-state index is 0.0686. The maximum Gasteiger partial charge on any atom is 0.238 e. The Kier molecular flexibility index (Phi) is 5.44. The van der Waals surface area contributed by atoms with E-state index < -0.39 is 0 Å². The molecule has 1 atom stereocenters. The van der Waals surface area contributed by atoms with Gasteiger partial charge >= 0.3 is 0 Å². The van der Waals surface area contributed by atoms with Crippen molar-refractivity contribution in [3.63, 3.8) is 0 Å². The summed E-state index contributed by atoms with van der Waals surface area (Å²) in [5.41, 5.74) is 1.86. The number of hydrogen-bond donors (Lipinski definition) is 2. The predicted octanol–water partition coefficient (Wildman–Crippen LogP) is 4.29. The molecule has 3 aromatic carbocycles. The Morgan fingerprint density at radius 2 is 1.75 bits per heavy atom. The first-order chi connectivity index (χ1) is 13.7. The third kappa shape index (κ3) is 4.26. The molecule has 5 heteroatoms. The van der Waals surface area contributed by atoms with E-state index in [0.29, 0.717) is 24.7 Å². The number of benzene rings is 3. The van der Waals surface area contributed by atoms with Crippen LogP contribution in [0.25, 0.3) is 10.8 Å². The number of carbonyl (C=O) groups is 1. The molecule has 0 bridgehead atoms. The molecule has 0 radical (unpaired) electrons. The van der Waals surface area contributed by atoms with Crippen molar-refractivity contribution in [2.24, 2.45) is 0 Å². The van der Waals surface area contributed by atoms with Gasteiger partial charge in [-0.25, -0.2) is 0 Å². The number of fused-ring (bicyclic) bond motifs is 2. The highest BCUT2D eigenvalue weighted by atomic mass is 16.5. The van der Waals surface area contributed by atoms with Crippen LogP contribution in [0.1, 0.15) is 24.9 Å². The lowest BCUT2D eigenvalue weighted by molar-refractivity contribution is -0.115. The molecule has 1 aliphatic rings. The maximum absolute atomic E-state index is 12.4. The number of hydrogen-bond acceptors (Lipinski definition) is 4. The van der Waals surface area contributed by atoms with Crippen LogP contribution in [0, 0.1) is 0 Å². The van der Waals surface area contributed by atoms with Crippen LogP contribution in [0.5, 0.6) is 11.5 Å². The molecule has 0 saturated heterocycles. The number of amides is 1. The molecular formula is C23H24N2O3. The summed E-state index contributed by atoms with van der Waals surface area (Å²) in [6, 6.07) is 20.2. The maximum atomic E-state index is 12.4. The van der Waals surface area contributed by atoms with Crippen LogP contribution in [0.3, 0.4) is 0 Å². The summed E-state index contributed by atoms with van der Waals surface area (Å²) in [7, 11) is 0. The van der Waals surface area contributed by atoms with Gasteiger partial charge < -0.3 is 20.1 Å². The molecule has 5 nitrogen and oxygen atoms in total. The molecule has 0 fully saturated rings. The van der Waals surface area contributed by atoms with Crippen LogP contribution in [-0.4, -0.2) is 25.7 Å². The summed E-state index contributed by atoms with van der Waals surface area (Å²) in [6.45, 7) is 3.55. The van der Waals surface area contributed by atoms with E-state index in [2.05, 4.69) is 47.9 Å². The first-order valence-corrected chi connectivity index (χ1v) is 9.60. The Bertz CT molecular complexity index is 986. The normalized spacial score (nSPS) is 14.3. The second-order valence-corrected chi connectivity index (χ2v) is 6.97. The minimum atomic E-state index is -0.0953. The molecule has 0 spiro atoms. The average molecular weight is 376 g/mol. The summed E-state index contributed by atoms with van der Waals surface area (Å²) in [4.78, 5) is 12.4. The lowest BCUT2D eigenvalue weighted by Crippen LogP contribution is -2.30. The van der Waals surface area contributed by atoms with Crippen molar-refractivity contribution in [3.8, 4) is 11.5 Å². The largest absolute Gasteiger partial charge is 0.490 e. The highest BCUT2D eigenvalue weighted by Crippen LogP contribution is 2.32. The van der Waals surface area contributed by atoms with Crippen molar-refractivity contribution in [3.05, 3.63) is 66.2 Å². The fourth-order valence-corrected chi connectivity index (χ4v) is 3.29. The molecule has 1 unspecified atom stereocenters.